The number of alkyl halides is 3. The molecule has 1 rings (SSSR count). The van der Waals surface area contributed by atoms with E-state index >= 15 is 0 Å². The third-order valence-electron chi connectivity index (χ3n) is 3.47. The monoisotopic (exact) mass is 308 g/mol. The second-order valence-corrected chi connectivity index (χ2v) is 5.77. The quantitative estimate of drug-likeness (QED) is 0.661. The number of halogens is 4. The minimum Gasteiger partial charge on any atom is -0.423 e. The second-order valence-electron chi connectivity index (χ2n) is 5.77. The minimum atomic E-state index is -4.67. The molecule has 0 amide bonds. The van der Waals surface area contributed by atoms with E-state index in [9.17, 15) is 27.7 Å². The summed E-state index contributed by atoms with van der Waals surface area (Å²) in [5.74, 6) is -1.23. The fourth-order valence-electron chi connectivity index (χ4n) is 1.39. The lowest BCUT2D eigenvalue weighted by Gasteiger charge is -2.38. The van der Waals surface area contributed by atoms with Gasteiger partial charge in [0.15, 0.2) is 0 Å². The van der Waals surface area contributed by atoms with E-state index in [1.54, 1.807) is 0 Å². The highest BCUT2D eigenvalue weighted by Gasteiger charge is 2.40. The molecular formula is C13H17BF4O3. The van der Waals surface area contributed by atoms with Crippen LogP contribution in [-0.2, 0) is 10.8 Å². The molecule has 0 aliphatic heterocycles. The number of benzene rings is 1. The van der Waals surface area contributed by atoms with Crippen molar-refractivity contribution in [2.75, 3.05) is 0 Å². The predicted octanol–water partition coefficient (Wildman–Crippen LogP) is 2.10. The minimum absolute atomic E-state index is 0.291. The van der Waals surface area contributed by atoms with E-state index < -0.39 is 41.3 Å². The molecule has 0 aromatic heterocycles. The van der Waals surface area contributed by atoms with Crippen molar-refractivity contribution in [3.05, 3.63) is 29.6 Å². The average Bonchev–Trinajstić information content (AvgIpc) is 2.24. The molecule has 0 atom stereocenters. The maximum Gasteiger partial charge on any atom is 0.494 e. The lowest BCUT2D eigenvalue weighted by atomic mass is 9.76. The summed E-state index contributed by atoms with van der Waals surface area (Å²) in [6.45, 7) is 5.81. The van der Waals surface area contributed by atoms with Gasteiger partial charge in [-0.15, -0.1) is 0 Å². The zero-order valence-electron chi connectivity index (χ0n) is 12.1. The SMILES string of the molecule is CC(C)(O)C(C)(C)OB(O)c1ccc(C(F)(F)F)cc1F. The van der Waals surface area contributed by atoms with Crippen molar-refractivity contribution in [1.29, 1.82) is 0 Å². The molecule has 0 unspecified atom stereocenters. The van der Waals surface area contributed by atoms with Crippen LogP contribution in [0.2, 0.25) is 0 Å². The Morgan fingerprint density at radius 3 is 2.00 bits per heavy atom. The maximum atomic E-state index is 13.7. The topological polar surface area (TPSA) is 49.7 Å². The Labute approximate surface area is 120 Å². The molecule has 0 heterocycles. The van der Waals surface area contributed by atoms with Gasteiger partial charge in [0.2, 0.25) is 0 Å². The Kier molecular flexibility index (Phi) is 4.77. The van der Waals surface area contributed by atoms with Gasteiger partial charge in [0.1, 0.15) is 5.82 Å². The molecule has 0 aliphatic rings. The first-order chi connectivity index (χ1) is 9.25. The summed E-state index contributed by atoms with van der Waals surface area (Å²) in [5, 5.41) is 19.7. The number of hydrogen-bond acceptors (Lipinski definition) is 3. The molecule has 118 valence electrons. The first-order valence-electron chi connectivity index (χ1n) is 6.20. The van der Waals surface area contributed by atoms with Gasteiger partial charge in [0, 0.05) is 5.46 Å². The number of hydrogen-bond donors (Lipinski definition) is 2. The first kappa shape index (κ1) is 17.9. The molecule has 21 heavy (non-hydrogen) atoms. The van der Waals surface area contributed by atoms with Crippen molar-refractivity contribution < 1.29 is 32.3 Å². The summed E-state index contributed by atoms with van der Waals surface area (Å²) in [7, 11) is -1.80. The Bertz CT molecular complexity index is 509. The van der Waals surface area contributed by atoms with E-state index in [2.05, 4.69) is 0 Å². The Morgan fingerprint density at radius 1 is 1.10 bits per heavy atom. The predicted molar refractivity (Wildman–Crippen MR) is 70.5 cm³/mol. The molecule has 0 radical (unpaired) electrons. The van der Waals surface area contributed by atoms with Gasteiger partial charge >= 0.3 is 13.3 Å². The third-order valence-corrected chi connectivity index (χ3v) is 3.47. The lowest BCUT2D eigenvalue weighted by molar-refractivity contribution is -0.137. The molecule has 3 nitrogen and oxygen atoms in total. The van der Waals surface area contributed by atoms with Gasteiger partial charge in [0.25, 0.3) is 0 Å². The van der Waals surface area contributed by atoms with E-state index in [1.165, 1.54) is 27.7 Å². The molecular weight excluding hydrogens is 291 g/mol. The van der Waals surface area contributed by atoms with Gasteiger partial charge in [0.05, 0.1) is 16.8 Å². The molecule has 2 N–H and O–H groups in total. The van der Waals surface area contributed by atoms with Crippen molar-refractivity contribution in [2.24, 2.45) is 0 Å². The van der Waals surface area contributed by atoms with Crippen LogP contribution in [0.4, 0.5) is 17.6 Å². The summed E-state index contributed by atoms with van der Waals surface area (Å²) in [6, 6.07) is 1.75. The lowest BCUT2D eigenvalue weighted by Crippen LogP contribution is -2.53. The third kappa shape index (κ3) is 4.18. The van der Waals surface area contributed by atoms with Crippen LogP contribution in [0.3, 0.4) is 0 Å². The van der Waals surface area contributed by atoms with E-state index in [-0.39, 0.29) is 0 Å². The second kappa shape index (κ2) is 5.59. The Morgan fingerprint density at radius 2 is 1.62 bits per heavy atom. The fourth-order valence-corrected chi connectivity index (χ4v) is 1.39. The van der Waals surface area contributed by atoms with Gasteiger partial charge < -0.3 is 14.8 Å². The Hall–Kier alpha value is -1.12. The Balaban J connectivity index is 3.02. The summed E-state index contributed by atoms with van der Waals surface area (Å²) < 4.78 is 56.2. The highest BCUT2D eigenvalue weighted by atomic mass is 19.4. The van der Waals surface area contributed by atoms with Crippen LogP contribution in [0.1, 0.15) is 33.3 Å². The molecule has 0 fully saturated rings. The van der Waals surface area contributed by atoms with E-state index in [4.69, 9.17) is 4.65 Å². The zero-order chi connectivity index (χ0) is 16.6. The van der Waals surface area contributed by atoms with Crippen molar-refractivity contribution in [3.63, 3.8) is 0 Å². The molecule has 0 aliphatic carbocycles. The molecule has 8 heteroatoms. The van der Waals surface area contributed by atoms with E-state index in [0.29, 0.717) is 12.1 Å². The highest BCUT2D eigenvalue weighted by Crippen LogP contribution is 2.29. The van der Waals surface area contributed by atoms with Crippen molar-refractivity contribution in [1.82, 2.24) is 0 Å². The number of rotatable bonds is 4. The van der Waals surface area contributed by atoms with Crippen LogP contribution in [0.25, 0.3) is 0 Å². The van der Waals surface area contributed by atoms with Gasteiger partial charge in [-0.3, -0.25) is 0 Å². The number of aliphatic hydroxyl groups is 1. The molecule has 1 aromatic rings. The van der Waals surface area contributed by atoms with Crippen LogP contribution in [0.15, 0.2) is 18.2 Å². The standard InChI is InChI=1S/C13H17BF4O3/c1-11(2,19)12(3,4)21-14(20)9-6-5-8(7-10(9)15)13(16,17)18/h5-7,19-20H,1-4H3. The van der Waals surface area contributed by atoms with Gasteiger partial charge in [-0.1, -0.05) is 12.1 Å². The molecule has 0 bridgehead atoms. The van der Waals surface area contributed by atoms with Crippen molar-refractivity contribution in [2.45, 2.75) is 45.1 Å². The fraction of sp³-hybridized carbons (Fsp3) is 0.538. The van der Waals surface area contributed by atoms with E-state index in [1.807, 2.05) is 0 Å². The van der Waals surface area contributed by atoms with Crippen molar-refractivity contribution >= 4 is 12.6 Å². The normalized spacial score (nSPS) is 13.4. The van der Waals surface area contributed by atoms with Crippen LogP contribution < -0.4 is 5.46 Å². The van der Waals surface area contributed by atoms with Gasteiger partial charge in [-0.2, -0.15) is 13.2 Å². The summed E-state index contributed by atoms with van der Waals surface area (Å²) in [6.07, 6.45) is -4.67. The van der Waals surface area contributed by atoms with E-state index in [0.717, 1.165) is 6.07 Å². The van der Waals surface area contributed by atoms with Crippen LogP contribution >= 0.6 is 0 Å². The smallest absolute Gasteiger partial charge is 0.423 e. The van der Waals surface area contributed by atoms with Crippen LogP contribution in [0, 0.1) is 5.82 Å². The van der Waals surface area contributed by atoms with Gasteiger partial charge in [-0.25, -0.2) is 4.39 Å². The van der Waals surface area contributed by atoms with Crippen molar-refractivity contribution in [3.8, 4) is 0 Å². The maximum absolute atomic E-state index is 13.7. The first-order valence-corrected chi connectivity index (χ1v) is 6.20. The van der Waals surface area contributed by atoms with Gasteiger partial charge in [-0.05, 0) is 33.8 Å². The average molecular weight is 308 g/mol. The molecule has 1 aromatic carbocycles. The van der Waals surface area contributed by atoms with Crippen LogP contribution in [0.5, 0.6) is 0 Å². The zero-order valence-corrected chi connectivity index (χ0v) is 12.1. The highest BCUT2D eigenvalue weighted by molar-refractivity contribution is 6.60. The summed E-state index contributed by atoms with van der Waals surface area (Å²) >= 11 is 0. The summed E-state index contributed by atoms with van der Waals surface area (Å²) in [4.78, 5) is 0. The summed E-state index contributed by atoms with van der Waals surface area (Å²) in [5.41, 5.74) is -4.18. The van der Waals surface area contributed by atoms with Crippen LogP contribution in [-0.4, -0.2) is 28.5 Å². The largest absolute Gasteiger partial charge is 0.494 e. The molecule has 0 saturated carbocycles. The molecule has 0 saturated heterocycles. The molecule has 0 spiro atoms.